The molecule has 1 aromatic heterocycles. The predicted octanol–water partition coefficient (Wildman–Crippen LogP) is -1.33. The van der Waals surface area contributed by atoms with Crippen LogP contribution in [0.15, 0.2) is 18.3 Å². The van der Waals surface area contributed by atoms with E-state index in [1.165, 1.54) is 0 Å². The average Bonchev–Trinajstić information content (AvgIpc) is 2.55. The standard InChI is InChI=1S/C13H22B3NO4/c1-11(2)12(3,4)21-16(20-11)9-6-5-7-17-10(9)19-8-13(14,15)18/h5-7,18H,8,14-15H2,1-4H3. The molecule has 0 radical (unpaired) electrons. The van der Waals surface area contributed by atoms with E-state index in [0.717, 1.165) is 5.46 Å². The summed E-state index contributed by atoms with van der Waals surface area (Å²) in [6.45, 7) is 8.15. The van der Waals surface area contributed by atoms with Crippen molar-refractivity contribution in [3.8, 4) is 5.88 Å². The Morgan fingerprint density at radius 3 is 2.38 bits per heavy atom. The molecule has 2 rings (SSSR count). The Morgan fingerprint density at radius 2 is 1.86 bits per heavy atom. The Hall–Kier alpha value is -0.975. The summed E-state index contributed by atoms with van der Waals surface area (Å²) in [7, 11) is 2.84. The first-order chi connectivity index (χ1) is 9.52. The van der Waals surface area contributed by atoms with Gasteiger partial charge in [0.05, 0.1) is 11.2 Å². The third-order valence-corrected chi connectivity index (χ3v) is 3.87. The summed E-state index contributed by atoms with van der Waals surface area (Å²) in [5.41, 5.74) is -0.0948. The third kappa shape index (κ3) is 3.62. The van der Waals surface area contributed by atoms with Crippen LogP contribution in [-0.4, -0.2) is 56.1 Å². The lowest BCUT2D eigenvalue weighted by atomic mass is 9.66. The summed E-state index contributed by atoms with van der Waals surface area (Å²) >= 11 is 0. The Morgan fingerprint density at radius 1 is 1.29 bits per heavy atom. The molecule has 1 aliphatic heterocycles. The quantitative estimate of drug-likeness (QED) is 0.696. The van der Waals surface area contributed by atoms with Gasteiger partial charge in [-0.05, 0) is 33.8 Å². The molecule has 0 spiro atoms. The van der Waals surface area contributed by atoms with Crippen molar-refractivity contribution in [1.82, 2.24) is 4.98 Å². The van der Waals surface area contributed by atoms with Gasteiger partial charge < -0.3 is 19.2 Å². The van der Waals surface area contributed by atoms with Gasteiger partial charge in [0.1, 0.15) is 22.3 Å². The minimum Gasteiger partial charge on any atom is -0.476 e. The zero-order chi connectivity index (χ0) is 15.9. The summed E-state index contributed by atoms with van der Waals surface area (Å²) in [6, 6.07) is 3.69. The Bertz CT molecular complexity index is 500. The first-order valence-electron chi connectivity index (χ1n) is 7.18. The molecule has 1 N–H and O–H groups in total. The van der Waals surface area contributed by atoms with Crippen LogP contribution in [0, 0.1) is 0 Å². The SMILES string of the molecule is BC(B)(O)COc1ncccc1B1OC(C)(C)C(C)(C)O1. The number of rotatable bonds is 4. The van der Waals surface area contributed by atoms with Crippen molar-refractivity contribution >= 4 is 28.3 Å². The van der Waals surface area contributed by atoms with E-state index >= 15 is 0 Å². The van der Waals surface area contributed by atoms with E-state index < -0.39 is 23.7 Å². The molecule has 8 heteroatoms. The van der Waals surface area contributed by atoms with Crippen molar-refractivity contribution in [2.45, 2.75) is 44.3 Å². The summed E-state index contributed by atoms with van der Waals surface area (Å²) in [5.74, 6) is 0.429. The summed E-state index contributed by atoms with van der Waals surface area (Å²) in [5, 5.41) is 8.86. The van der Waals surface area contributed by atoms with E-state index in [9.17, 15) is 5.11 Å². The van der Waals surface area contributed by atoms with E-state index in [0.29, 0.717) is 5.88 Å². The number of pyridine rings is 1. The second-order valence-electron chi connectivity index (χ2n) is 7.09. The van der Waals surface area contributed by atoms with Gasteiger partial charge in [-0.3, -0.25) is 0 Å². The Balaban J connectivity index is 2.22. The lowest BCUT2D eigenvalue weighted by Gasteiger charge is -2.32. The van der Waals surface area contributed by atoms with E-state index in [1.807, 2.05) is 39.8 Å². The molecule has 0 bridgehead atoms. The molecular weight excluding hydrogens is 267 g/mol. The molecule has 0 saturated carbocycles. The number of aromatic nitrogens is 1. The molecule has 1 aromatic rings. The van der Waals surface area contributed by atoms with Crippen LogP contribution in [0.3, 0.4) is 0 Å². The van der Waals surface area contributed by atoms with Gasteiger partial charge in [-0.1, -0.05) is 6.07 Å². The van der Waals surface area contributed by atoms with Crippen LogP contribution in [0.25, 0.3) is 0 Å². The maximum Gasteiger partial charge on any atom is 0.500 e. The predicted molar refractivity (Wildman–Crippen MR) is 87.5 cm³/mol. The van der Waals surface area contributed by atoms with E-state index in [1.54, 1.807) is 21.9 Å². The molecule has 1 fully saturated rings. The van der Waals surface area contributed by atoms with Crippen LogP contribution in [0.1, 0.15) is 27.7 Å². The second-order valence-corrected chi connectivity index (χ2v) is 7.09. The maximum atomic E-state index is 9.79. The van der Waals surface area contributed by atoms with Crippen LogP contribution >= 0.6 is 0 Å². The first-order valence-corrected chi connectivity index (χ1v) is 7.18. The van der Waals surface area contributed by atoms with E-state index in [4.69, 9.17) is 14.0 Å². The molecule has 0 aromatic carbocycles. The minimum atomic E-state index is -0.926. The van der Waals surface area contributed by atoms with Gasteiger partial charge in [0.25, 0.3) is 0 Å². The highest BCUT2D eigenvalue weighted by atomic mass is 16.7. The van der Waals surface area contributed by atoms with Crippen LogP contribution < -0.4 is 10.2 Å². The van der Waals surface area contributed by atoms with E-state index in [-0.39, 0.29) is 6.61 Å². The zero-order valence-electron chi connectivity index (χ0n) is 13.6. The Labute approximate surface area is 128 Å². The molecule has 5 nitrogen and oxygen atoms in total. The number of ether oxygens (including phenoxy) is 1. The first kappa shape index (κ1) is 16.4. The number of hydrogen-bond donors (Lipinski definition) is 1. The lowest BCUT2D eigenvalue weighted by Crippen LogP contribution is -2.41. The molecule has 0 amide bonds. The minimum absolute atomic E-state index is 0.149. The average molecular weight is 289 g/mol. The van der Waals surface area contributed by atoms with Gasteiger partial charge in [0, 0.05) is 17.1 Å². The van der Waals surface area contributed by atoms with Gasteiger partial charge in [-0.25, -0.2) is 4.98 Å². The molecule has 1 aliphatic rings. The van der Waals surface area contributed by atoms with Crippen LogP contribution in [0.4, 0.5) is 0 Å². The molecule has 21 heavy (non-hydrogen) atoms. The fourth-order valence-electron chi connectivity index (χ4n) is 1.92. The largest absolute Gasteiger partial charge is 0.500 e. The molecule has 112 valence electrons. The smallest absolute Gasteiger partial charge is 0.476 e. The van der Waals surface area contributed by atoms with Crippen LogP contribution in [0.5, 0.6) is 5.88 Å². The summed E-state index contributed by atoms with van der Waals surface area (Å²) < 4.78 is 17.7. The zero-order valence-corrected chi connectivity index (χ0v) is 13.6. The molecule has 0 atom stereocenters. The summed E-state index contributed by atoms with van der Waals surface area (Å²) in [6.07, 6.45) is 1.65. The normalized spacial score (nSPS) is 20.5. The second kappa shape index (κ2) is 5.34. The number of aliphatic hydroxyl groups is 1. The van der Waals surface area contributed by atoms with Gasteiger partial charge in [0.15, 0.2) is 0 Å². The fourth-order valence-corrected chi connectivity index (χ4v) is 1.92. The summed E-state index contributed by atoms with van der Waals surface area (Å²) in [4.78, 5) is 4.23. The van der Waals surface area contributed by atoms with E-state index in [2.05, 4.69) is 4.98 Å². The number of hydrogen-bond acceptors (Lipinski definition) is 5. The molecule has 1 saturated heterocycles. The highest BCUT2D eigenvalue weighted by Gasteiger charge is 2.52. The molecule has 0 unspecified atom stereocenters. The van der Waals surface area contributed by atoms with Gasteiger partial charge in [-0.15, -0.1) is 0 Å². The molecule has 2 heterocycles. The maximum absolute atomic E-state index is 9.79. The van der Waals surface area contributed by atoms with Gasteiger partial charge in [-0.2, -0.15) is 0 Å². The Kier molecular flexibility index (Phi) is 4.17. The lowest BCUT2D eigenvalue weighted by molar-refractivity contribution is 0.00578. The molecule has 0 aliphatic carbocycles. The fraction of sp³-hybridized carbons (Fsp3) is 0.615. The van der Waals surface area contributed by atoms with Crippen molar-refractivity contribution in [3.05, 3.63) is 18.3 Å². The van der Waals surface area contributed by atoms with Crippen molar-refractivity contribution < 1.29 is 19.2 Å². The number of nitrogens with zero attached hydrogens (tertiary/aromatic N) is 1. The van der Waals surface area contributed by atoms with Gasteiger partial charge in [0.2, 0.25) is 5.88 Å². The van der Waals surface area contributed by atoms with Crippen LogP contribution in [0.2, 0.25) is 0 Å². The molecular formula is C13H22B3NO4. The van der Waals surface area contributed by atoms with Crippen molar-refractivity contribution in [2.24, 2.45) is 0 Å². The van der Waals surface area contributed by atoms with Crippen molar-refractivity contribution in [3.63, 3.8) is 0 Å². The highest BCUT2D eigenvalue weighted by molar-refractivity contribution is 6.63. The monoisotopic (exact) mass is 289 g/mol. The van der Waals surface area contributed by atoms with Crippen LogP contribution in [-0.2, 0) is 9.31 Å². The third-order valence-electron chi connectivity index (χ3n) is 3.87. The highest BCUT2D eigenvalue weighted by Crippen LogP contribution is 2.36. The van der Waals surface area contributed by atoms with Crippen molar-refractivity contribution in [2.75, 3.05) is 6.61 Å². The topological polar surface area (TPSA) is 60.8 Å². The van der Waals surface area contributed by atoms with Crippen molar-refractivity contribution in [1.29, 1.82) is 0 Å². The van der Waals surface area contributed by atoms with Gasteiger partial charge >= 0.3 is 7.12 Å².